The summed E-state index contributed by atoms with van der Waals surface area (Å²) in [7, 11) is -3.89. The number of benzene rings is 1. The first-order valence-electron chi connectivity index (χ1n) is 5.82. The third-order valence-electron chi connectivity index (χ3n) is 3.15. The lowest BCUT2D eigenvalue weighted by Crippen LogP contribution is -2.40. The minimum atomic E-state index is -3.89. The van der Waals surface area contributed by atoms with Crippen molar-refractivity contribution in [3.63, 3.8) is 0 Å². The number of sulfonamides is 1. The summed E-state index contributed by atoms with van der Waals surface area (Å²) in [4.78, 5) is 11.1. The Labute approximate surface area is 111 Å². The SMILES string of the molecule is Cc1ccc(S(=O)(=O)N2C[C@@H](O)C[C@H]2C(=O)O)cc1. The molecule has 0 spiro atoms. The van der Waals surface area contributed by atoms with Gasteiger partial charge in [-0.05, 0) is 19.1 Å². The van der Waals surface area contributed by atoms with Crippen LogP contribution in [0.3, 0.4) is 0 Å². The summed E-state index contributed by atoms with van der Waals surface area (Å²) in [5.74, 6) is -1.24. The van der Waals surface area contributed by atoms with Crippen LogP contribution in [0.5, 0.6) is 0 Å². The normalized spacial score (nSPS) is 24.5. The minimum absolute atomic E-state index is 0.0402. The van der Waals surface area contributed by atoms with Crippen LogP contribution in [0.4, 0.5) is 0 Å². The van der Waals surface area contributed by atoms with Crippen molar-refractivity contribution in [2.24, 2.45) is 0 Å². The zero-order valence-electron chi connectivity index (χ0n) is 10.4. The lowest BCUT2D eigenvalue weighted by Gasteiger charge is -2.20. The zero-order chi connectivity index (χ0) is 14.2. The van der Waals surface area contributed by atoms with Crippen LogP contribution < -0.4 is 0 Å². The largest absolute Gasteiger partial charge is 0.480 e. The van der Waals surface area contributed by atoms with E-state index in [1.54, 1.807) is 12.1 Å². The summed E-state index contributed by atoms with van der Waals surface area (Å²) in [6.07, 6.45) is -1.03. The number of carbonyl (C=O) groups is 1. The average Bonchev–Trinajstić information content (AvgIpc) is 2.73. The fourth-order valence-electron chi connectivity index (χ4n) is 2.12. The maximum atomic E-state index is 12.4. The molecule has 2 N–H and O–H groups in total. The van der Waals surface area contributed by atoms with Crippen molar-refractivity contribution in [2.45, 2.75) is 30.4 Å². The molecule has 1 aromatic carbocycles. The highest BCUT2D eigenvalue weighted by molar-refractivity contribution is 7.89. The van der Waals surface area contributed by atoms with Gasteiger partial charge in [0, 0.05) is 13.0 Å². The Hall–Kier alpha value is -1.44. The van der Waals surface area contributed by atoms with Gasteiger partial charge in [-0.15, -0.1) is 0 Å². The summed E-state index contributed by atoms with van der Waals surface area (Å²) in [6.45, 7) is 1.64. The van der Waals surface area contributed by atoms with Crippen LogP contribution in [-0.2, 0) is 14.8 Å². The fraction of sp³-hybridized carbons (Fsp3) is 0.417. The molecule has 0 amide bonds. The maximum absolute atomic E-state index is 12.4. The Morgan fingerprint density at radius 3 is 2.42 bits per heavy atom. The molecule has 0 saturated carbocycles. The summed E-state index contributed by atoms with van der Waals surface area (Å²) in [5.41, 5.74) is 0.912. The first-order valence-corrected chi connectivity index (χ1v) is 7.26. The van der Waals surface area contributed by atoms with Crippen LogP contribution in [0.15, 0.2) is 29.2 Å². The molecule has 0 bridgehead atoms. The topological polar surface area (TPSA) is 94.9 Å². The van der Waals surface area contributed by atoms with Gasteiger partial charge in [0.05, 0.1) is 11.0 Å². The van der Waals surface area contributed by atoms with Gasteiger partial charge in [-0.1, -0.05) is 17.7 Å². The highest BCUT2D eigenvalue weighted by atomic mass is 32.2. The third-order valence-corrected chi connectivity index (χ3v) is 5.04. The highest BCUT2D eigenvalue weighted by Gasteiger charge is 2.43. The van der Waals surface area contributed by atoms with Crippen LogP contribution >= 0.6 is 0 Å². The van der Waals surface area contributed by atoms with Gasteiger partial charge in [-0.2, -0.15) is 4.31 Å². The van der Waals surface area contributed by atoms with Crippen LogP contribution in [0.25, 0.3) is 0 Å². The predicted octanol–water partition coefficient (Wildman–Crippen LogP) is 0.204. The van der Waals surface area contributed by atoms with E-state index in [1.807, 2.05) is 6.92 Å². The standard InChI is InChI=1S/C12H15NO5S/c1-8-2-4-10(5-3-8)19(17,18)13-7-9(14)6-11(13)12(15)16/h2-5,9,11,14H,6-7H2,1H3,(H,15,16)/t9-,11-/m0/s1. The summed E-state index contributed by atoms with van der Waals surface area (Å²) < 4.78 is 25.6. The second kappa shape index (κ2) is 4.92. The van der Waals surface area contributed by atoms with E-state index >= 15 is 0 Å². The minimum Gasteiger partial charge on any atom is -0.480 e. The van der Waals surface area contributed by atoms with Gasteiger partial charge in [-0.25, -0.2) is 8.42 Å². The van der Waals surface area contributed by atoms with E-state index in [9.17, 15) is 18.3 Å². The molecular weight excluding hydrogens is 270 g/mol. The molecule has 6 nitrogen and oxygen atoms in total. The Bertz CT molecular complexity index is 581. The lowest BCUT2D eigenvalue weighted by atomic mass is 10.2. The smallest absolute Gasteiger partial charge is 0.322 e. The van der Waals surface area contributed by atoms with E-state index in [0.29, 0.717) is 0 Å². The number of carboxylic acids is 1. The molecule has 1 aromatic rings. The van der Waals surface area contributed by atoms with Crippen molar-refractivity contribution < 1.29 is 23.4 Å². The van der Waals surface area contributed by atoms with E-state index in [4.69, 9.17) is 5.11 Å². The van der Waals surface area contributed by atoms with E-state index in [0.717, 1.165) is 9.87 Å². The van der Waals surface area contributed by atoms with Gasteiger partial charge < -0.3 is 10.2 Å². The second-order valence-corrected chi connectivity index (χ2v) is 6.52. The van der Waals surface area contributed by atoms with Gasteiger partial charge in [0.1, 0.15) is 6.04 Å². The number of aliphatic carboxylic acids is 1. The molecule has 1 heterocycles. The van der Waals surface area contributed by atoms with Crippen LogP contribution in [0.2, 0.25) is 0 Å². The molecular formula is C12H15NO5S. The number of aliphatic hydroxyl groups is 1. The number of rotatable bonds is 3. The number of carboxylic acid groups (broad SMARTS) is 1. The second-order valence-electron chi connectivity index (χ2n) is 4.63. The quantitative estimate of drug-likeness (QED) is 0.827. The molecule has 0 aromatic heterocycles. The number of nitrogens with zero attached hydrogens (tertiary/aromatic N) is 1. The van der Waals surface area contributed by atoms with Crippen molar-refractivity contribution in [1.82, 2.24) is 4.31 Å². The van der Waals surface area contributed by atoms with Crippen molar-refractivity contribution >= 4 is 16.0 Å². The molecule has 0 radical (unpaired) electrons. The fourth-order valence-corrected chi connectivity index (χ4v) is 3.75. The van der Waals surface area contributed by atoms with Gasteiger partial charge in [0.2, 0.25) is 10.0 Å². The first-order chi connectivity index (χ1) is 8.82. The van der Waals surface area contributed by atoms with E-state index in [1.165, 1.54) is 12.1 Å². The van der Waals surface area contributed by atoms with Gasteiger partial charge >= 0.3 is 5.97 Å². The number of aliphatic hydroxyl groups excluding tert-OH is 1. The molecule has 0 aliphatic carbocycles. The van der Waals surface area contributed by atoms with Crippen LogP contribution in [0, 0.1) is 6.92 Å². The van der Waals surface area contributed by atoms with Crippen molar-refractivity contribution in [2.75, 3.05) is 6.54 Å². The molecule has 104 valence electrons. The number of β-amino-alcohol motifs (C(OH)–C–C–N with tert-alkyl or cyclic N) is 1. The van der Waals surface area contributed by atoms with Gasteiger partial charge in [-0.3, -0.25) is 4.79 Å². The lowest BCUT2D eigenvalue weighted by molar-refractivity contribution is -0.140. The van der Waals surface area contributed by atoms with E-state index < -0.39 is 28.1 Å². The zero-order valence-corrected chi connectivity index (χ0v) is 11.2. The Balaban J connectivity index is 2.38. The maximum Gasteiger partial charge on any atom is 0.322 e. The number of aryl methyl sites for hydroxylation is 1. The molecule has 1 aliphatic rings. The van der Waals surface area contributed by atoms with Crippen LogP contribution in [-0.4, -0.2) is 47.6 Å². The Morgan fingerprint density at radius 1 is 1.32 bits per heavy atom. The van der Waals surface area contributed by atoms with E-state index in [-0.39, 0.29) is 17.9 Å². The molecule has 7 heteroatoms. The molecule has 2 rings (SSSR count). The highest BCUT2D eigenvalue weighted by Crippen LogP contribution is 2.26. The summed E-state index contributed by atoms with van der Waals surface area (Å²) in [6, 6.07) is 4.97. The average molecular weight is 285 g/mol. The molecule has 19 heavy (non-hydrogen) atoms. The monoisotopic (exact) mass is 285 g/mol. The van der Waals surface area contributed by atoms with Crippen molar-refractivity contribution in [1.29, 1.82) is 0 Å². The molecule has 1 aliphatic heterocycles. The van der Waals surface area contributed by atoms with Gasteiger partial charge in [0.15, 0.2) is 0 Å². The Kier molecular flexibility index (Phi) is 3.62. The van der Waals surface area contributed by atoms with Crippen molar-refractivity contribution in [3.8, 4) is 0 Å². The molecule has 1 fully saturated rings. The Morgan fingerprint density at radius 2 is 1.89 bits per heavy atom. The molecule has 0 unspecified atom stereocenters. The summed E-state index contributed by atoms with van der Waals surface area (Å²) in [5, 5.41) is 18.5. The first kappa shape index (κ1) is 14.0. The third kappa shape index (κ3) is 2.63. The van der Waals surface area contributed by atoms with Gasteiger partial charge in [0.25, 0.3) is 0 Å². The summed E-state index contributed by atoms with van der Waals surface area (Å²) >= 11 is 0. The van der Waals surface area contributed by atoms with Crippen LogP contribution in [0.1, 0.15) is 12.0 Å². The number of hydrogen-bond donors (Lipinski definition) is 2. The van der Waals surface area contributed by atoms with Crippen molar-refractivity contribution in [3.05, 3.63) is 29.8 Å². The molecule has 2 atom stereocenters. The molecule has 1 saturated heterocycles. The predicted molar refractivity (Wildman–Crippen MR) is 67.1 cm³/mol. The van der Waals surface area contributed by atoms with E-state index in [2.05, 4.69) is 0 Å². The number of hydrogen-bond acceptors (Lipinski definition) is 4.